The third-order valence-electron chi connectivity index (χ3n) is 6.35. The third-order valence-corrected chi connectivity index (χ3v) is 6.35. The molecule has 5 nitrogen and oxygen atoms in total. The Morgan fingerprint density at radius 1 is 1.17 bits per heavy atom. The Labute approximate surface area is 172 Å². The minimum atomic E-state index is 0.00879. The lowest BCUT2D eigenvalue weighted by atomic mass is 9.74. The van der Waals surface area contributed by atoms with Gasteiger partial charge in [-0.15, -0.1) is 0 Å². The zero-order valence-corrected chi connectivity index (χ0v) is 17.2. The van der Waals surface area contributed by atoms with Gasteiger partial charge in [0, 0.05) is 30.7 Å². The molecular weight excluding hydrogens is 360 g/mol. The van der Waals surface area contributed by atoms with Gasteiger partial charge < -0.3 is 5.32 Å². The minimum absolute atomic E-state index is 0.00879. The van der Waals surface area contributed by atoms with Gasteiger partial charge in [0.15, 0.2) is 0 Å². The lowest BCUT2D eigenvalue weighted by molar-refractivity contribution is 0.159. The Balaban J connectivity index is 1.50. The molecule has 2 heterocycles. The molecule has 2 aliphatic heterocycles. The summed E-state index contributed by atoms with van der Waals surface area (Å²) in [5.41, 5.74) is 5.65. The molecule has 150 valence electrons. The number of rotatable bonds is 3. The van der Waals surface area contributed by atoms with Crippen LogP contribution < -0.4 is 10.2 Å². The number of aryl methyl sites for hydroxylation is 1. The number of fused-ring (bicyclic) bond motifs is 2. The van der Waals surface area contributed by atoms with Crippen LogP contribution in [0.5, 0.6) is 0 Å². The van der Waals surface area contributed by atoms with Crippen LogP contribution in [0.15, 0.2) is 42.5 Å². The number of nitrogens with zero attached hydrogens (tertiary/aromatic N) is 3. The normalized spacial score (nSPS) is 17.8. The van der Waals surface area contributed by atoms with Gasteiger partial charge in [-0.3, -0.25) is 9.80 Å². The van der Waals surface area contributed by atoms with E-state index in [0.717, 1.165) is 44.7 Å². The molecule has 0 aliphatic carbocycles. The first-order valence-corrected chi connectivity index (χ1v) is 10.4. The fourth-order valence-electron chi connectivity index (χ4n) is 4.72. The van der Waals surface area contributed by atoms with E-state index in [2.05, 4.69) is 41.4 Å². The second kappa shape index (κ2) is 7.88. The summed E-state index contributed by atoms with van der Waals surface area (Å²) in [5, 5.41) is 11.9. The van der Waals surface area contributed by atoms with Crippen LogP contribution in [0.25, 0.3) is 0 Å². The number of urea groups is 1. The molecular formula is C24H28N4O. The summed E-state index contributed by atoms with van der Waals surface area (Å²) < 4.78 is 0. The van der Waals surface area contributed by atoms with Crippen LogP contribution in [0, 0.1) is 18.3 Å². The molecule has 2 aromatic rings. The molecule has 0 unspecified atom stereocenters. The van der Waals surface area contributed by atoms with E-state index in [0.29, 0.717) is 12.1 Å². The number of nitrogens with one attached hydrogen (secondary N) is 1. The van der Waals surface area contributed by atoms with Crippen LogP contribution in [-0.4, -0.2) is 37.1 Å². The highest BCUT2D eigenvalue weighted by Gasteiger charge is 2.46. The van der Waals surface area contributed by atoms with Gasteiger partial charge in [0.2, 0.25) is 0 Å². The lowest BCUT2D eigenvalue weighted by Crippen LogP contribution is -2.47. The molecule has 2 aliphatic rings. The molecule has 1 N–H and O–H groups in total. The Bertz CT molecular complexity index is 936. The summed E-state index contributed by atoms with van der Waals surface area (Å²) >= 11 is 0. The molecule has 0 saturated carbocycles. The fourth-order valence-corrected chi connectivity index (χ4v) is 4.72. The zero-order chi connectivity index (χ0) is 20.4. The SMILES string of the molecule is CCNC(=O)N1CC2(CCN(Cc3ccc(C#N)cc3)CC2)c2cc(C)ccc21. The number of carbonyl (C=O) groups excluding carboxylic acids is 1. The first kappa shape index (κ1) is 19.5. The smallest absolute Gasteiger partial charge is 0.321 e. The molecule has 0 bridgehead atoms. The van der Waals surface area contributed by atoms with Gasteiger partial charge in [0.1, 0.15) is 0 Å². The van der Waals surface area contributed by atoms with Gasteiger partial charge >= 0.3 is 6.03 Å². The van der Waals surface area contributed by atoms with Crippen LogP contribution in [0.1, 0.15) is 42.0 Å². The average molecular weight is 389 g/mol. The molecule has 0 radical (unpaired) electrons. The van der Waals surface area contributed by atoms with Gasteiger partial charge in [0.25, 0.3) is 0 Å². The molecule has 2 amide bonds. The van der Waals surface area contributed by atoms with E-state index in [1.807, 2.05) is 36.1 Å². The average Bonchev–Trinajstić information content (AvgIpc) is 3.04. The van der Waals surface area contributed by atoms with E-state index >= 15 is 0 Å². The number of benzene rings is 2. The zero-order valence-electron chi connectivity index (χ0n) is 17.2. The topological polar surface area (TPSA) is 59.4 Å². The van der Waals surface area contributed by atoms with Crippen molar-refractivity contribution in [2.75, 3.05) is 31.1 Å². The second-order valence-electron chi connectivity index (χ2n) is 8.31. The van der Waals surface area contributed by atoms with Crippen molar-refractivity contribution in [1.82, 2.24) is 10.2 Å². The molecule has 0 atom stereocenters. The number of hydrogen-bond acceptors (Lipinski definition) is 3. The highest BCUT2D eigenvalue weighted by atomic mass is 16.2. The van der Waals surface area contributed by atoms with E-state index in [1.54, 1.807) is 0 Å². The van der Waals surface area contributed by atoms with Gasteiger partial charge in [-0.25, -0.2) is 4.79 Å². The fraction of sp³-hybridized carbons (Fsp3) is 0.417. The molecule has 4 rings (SSSR count). The lowest BCUT2D eigenvalue weighted by Gasteiger charge is -2.40. The predicted molar refractivity (Wildman–Crippen MR) is 115 cm³/mol. The van der Waals surface area contributed by atoms with Crippen LogP contribution in [0.3, 0.4) is 0 Å². The van der Waals surface area contributed by atoms with E-state index in [9.17, 15) is 4.79 Å². The summed E-state index contributed by atoms with van der Waals surface area (Å²) in [4.78, 5) is 17.1. The first-order valence-electron chi connectivity index (χ1n) is 10.4. The molecule has 2 aromatic carbocycles. The van der Waals surface area contributed by atoms with E-state index in [4.69, 9.17) is 5.26 Å². The van der Waals surface area contributed by atoms with Crippen LogP contribution in [-0.2, 0) is 12.0 Å². The standard InChI is InChI=1S/C24H28N4O/c1-3-26-23(29)28-17-24(21-14-18(2)4-9-22(21)28)10-12-27(13-11-24)16-20-7-5-19(15-25)6-8-20/h4-9,14H,3,10-13,16-17H2,1-2H3,(H,26,29). The van der Waals surface area contributed by atoms with Gasteiger partial charge in [-0.2, -0.15) is 5.26 Å². The first-order chi connectivity index (χ1) is 14.0. The number of piperidine rings is 1. The molecule has 5 heteroatoms. The Morgan fingerprint density at radius 3 is 2.55 bits per heavy atom. The number of anilines is 1. The van der Waals surface area contributed by atoms with Crippen molar-refractivity contribution in [1.29, 1.82) is 5.26 Å². The van der Waals surface area contributed by atoms with Crippen molar-refractivity contribution in [3.63, 3.8) is 0 Å². The van der Waals surface area contributed by atoms with Gasteiger partial charge in [-0.1, -0.05) is 29.8 Å². The Morgan fingerprint density at radius 2 is 1.90 bits per heavy atom. The van der Waals surface area contributed by atoms with Gasteiger partial charge in [0.05, 0.1) is 11.6 Å². The predicted octanol–water partition coefficient (Wildman–Crippen LogP) is 3.95. The summed E-state index contributed by atoms with van der Waals surface area (Å²) in [6.07, 6.45) is 2.10. The highest BCUT2D eigenvalue weighted by molar-refractivity contribution is 5.95. The maximum atomic E-state index is 12.7. The number of likely N-dealkylation sites (tertiary alicyclic amines) is 1. The van der Waals surface area contributed by atoms with Crippen molar-refractivity contribution in [2.24, 2.45) is 0 Å². The Kier molecular flexibility index (Phi) is 5.29. The maximum Gasteiger partial charge on any atom is 0.321 e. The number of hydrogen-bond donors (Lipinski definition) is 1. The maximum absolute atomic E-state index is 12.7. The molecule has 1 spiro atoms. The number of carbonyl (C=O) groups is 1. The van der Waals surface area contributed by atoms with Crippen molar-refractivity contribution in [2.45, 2.75) is 38.6 Å². The minimum Gasteiger partial charge on any atom is -0.338 e. The summed E-state index contributed by atoms with van der Waals surface area (Å²) in [5.74, 6) is 0. The number of nitriles is 1. The second-order valence-corrected chi connectivity index (χ2v) is 8.31. The number of amides is 2. The van der Waals surface area contributed by atoms with Crippen molar-refractivity contribution >= 4 is 11.7 Å². The van der Waals surface area contributed by atoms with Crippen molar-refractivity contribution < 1.29 is 4.79 Å². The summed E-state index contributed by atoms with van der Waals surface area (Å²) in [6, 6.07) is 16.6. The van der Waals surface area contributed by atoms with Crippen molar-refractivity contribution in [3.05, 3.63) is 64.7 Å². The van der Waals surface area contributed by atoms with E-state index < -0.39 is 0 Å². The molecule has 1 fully saturated rings. The van der Waals surface area contributed by atoms with Crippen LogP contribution >= 0.6 is 0 Å². The quantitative estimate of drug-likeness (QED) is 0.866. The highest BCUT2D eigenvalue weighted by Crippen LogP contribution is 2.47. The summed E-state index contributed by atoms with van der Waals surface area (Å²) in [6.45, 7) is 8.42. The largest absolute Gasteiger partial charge is 0.338 e. The monoisotopic (exact) mass is 388 g/mol. The molecule has 29 heavy (non-hydrogen) atoms. The van der Waals surface area contributed by atoms with E-state index in [1.165, 1.54) is 16.7 Å². The van der Waals surface area contributed by atoms with Crippen molar-refractivity contribution in [3.8, 4) is 6.07 Å². The molecule has 1 saturated heterocycles. The van der Waals surface area contributed by atoms with Gasteiger partial charge in [-0.05, 0) is 69.1 Å². The Hall–Kier alpha value is -2.84. The van der Waals surface area contributed by atoms with Crippen LogP contribution in [0.2, 0.25) is 0 Å². The summed E-state index contributed by atoms with van der Waals surface area (Å²) in [7, 11) is 0. The molecule has 0 aromatic heterocycles. The van der Waals surface area contributed by atoms with Crippen LogP contribution in [0.4, 0.5) is 10.5 Å². The van der Waals surface area contributed by atoms with E-state index in [-0.39, 0.29) is 11.4 Å². The third kappa shape index (κ3) is 3.73.